The number of benzene rings is 1. The number of nitrogens with zero attached hydrogens (tertiary/aromatic N) is 2. The van der Waals surface area contributed by atoms with E-state index < -0.39 is 0 Å². The molecule has 0 fully saturated rings. The first kappa shape index (κ1) is 10.7. The van der Waals surface area contributed by atoms with E-state index in [-0.39, 0.29) is 5.56 Å². The van der Waals surface area contributed by atoms with Gasteiger partial charge in [-0.3, -0.25) is 9.78 Å². The Labute approximate surface area is 103 Å². The third-order valence-corrected chi connectivity index (χ3v) is 2.74. The van der Waals surface area contributed by atoms with Gasteiger partial charge in [0, 0.05) is 18.3 Å². The Balaban J connectivity index is 2.06. The van der Waals surface area contributed by atoms with E-state index in [1.54, 1.807) is 12.3 Å². The topological polar surface area (TPSA) is 58.6 Å². The molecule has 1 N–H and O–H groups in total. The van der Waals surface area contributed by atoms with E-state index in [1.807, 2.05) is 36.4 Å². The van der Waals surface area contributed by atoms with Crippen LogP contribution >= 0.6 is 0 Å². The molecule has 0 aliphatic carbocycles. The normalized spacial score (nSPS) is 10.7. The number of fused-ring (bicyclic) bond motifs is 1. The second kappa shape index (κ2) is 4.41. The molecule has 0 radical (unpaired) electrons. The van der Waals surface area contributed by atoms with Crippen molar-refractivity contribution in [3.05, 3.63) is 70.5 Å². The first-order valence-corrected chi connectivity index (χ1v) is 5.71. The number of H-pyrrole nitrogens is 1. The highest BCUT2D eigenvalue weighted by Gasteiger charge is 2.04. The van der Waals surface area contributed by atoms with E-state index in [4.69, 9.17) is 0 Å². The van der Waals surface area contributed by atoms with Gasteiger partial charge in [0.2, 0.25) is 0 Å². The number of pyridine rings is 1. The van der Waals surface area contributed by atoms with Crippen LogP contribution in [0.3, 0.4) is 0 Å². The average molecular weight is 237 g/mol. The van der Waals surface area contributed by atoms with Gasteiger partial charge in [-0.25, -0.2) is 4.98 Å². The molecule has 0 spiro atoms. The van der Waals surface area contributed by atoms with Crippen molar-refractivity contribution < 1.29 is 0 Å². The highest BCUT2D eigenvalue weighted by Crippen LogP contribution is 2.07. The summed E-state index contributed by atoms with van der Waals surface area (Å²) in [5.74, 6) is 0.636. The van der Waals surface area contributed by atoms with Crippen LogP contribution in [0.4, 0.5) is 0 Å². The summed E-state index contributed by atoms with van der Waals surface area (Å²) in [6.45, 7) is 0. The molecule has 0 unspecified atom stereocenters. The largest absolute Gasteiger partial charge is 0.310 e. The van der Waals surface area contributed by atoms with Crippen LogP contribution in [0.5, 0.6) is 0 Å². The van der Waals surface area contributed by atoms with Crippen molar-refractivity contribution in [1.29, 1.82) is 0 Å². The molecular formula is C14H11N3O. The fourth-order valence-electron chi connectivity index (χ4n) is 1.89. The number of hydrogen-bond donors (Lipinski definition) is 1. The molecule has 3 aromatic rings. The number of aromatic amines is 1. The molecule has 0 saturated heterocycles. The lowest BCUT2D eigenvalue weighted by Crippen LogP contribution is -2.12. The number of para-hydroxylation sites is 1. The van der Waals surface area contributed by atoms with Gasteiger partial charge in [-0.2, -0.15) is 0 Å². The minimum Gasteiger partial charge on any atom is -0.310 e. The van der Waals surface area contributed by atoms with Crippen LogP contribution in [0.15, 0.2) is 53.5 Å². The molecule has 2 aromatic heterocycles. The van der Waals surface area contributed by atoms with Gasteiger partial charge in [-0.05, 0) is 24.3 Å². The lowest BCUT2D eigenvalue weighted by atomic mass is 10.2. The Hall–Kier alpha value is -2.49. The van der Waals surface area contributed by atoms with Gasteiger partial charge in [0.25, 0.3) is 5.56 Å². The van der Waals surface area contributed by atoms with E-state index in [9.17, 15) is 4.79 Å². The minimum atomic E-state index is -0.105. The van der Waals surface area contributed by atoms with Gasteiger partial charge in [0.15, 0.2) is 0 Å². The van der Waals surface area contributed by atoms with Crippen molar-refractivity contribution in [2.24, 2.45) is 0 Å². The Morgan fingerprint density at radius 2 is 1.89 bits per heavy atom. The van der Waals surface area contributed by atoms with E-state index in [1.165, 1.54) is 0 Å². The van der Waals surface area contributed by atoms with E-state index in [0.29, 0.717) is 23.1 Å². The molecule has 4 heteroatoms. The molecular weight excluding hydrogens is 226 g/mol. The van der Waals surface area contributed by atoms with Crippen molar-refractivity contribution in [3.8, 4) is 0 Å². The minimum absolute atomic E-state index is 0.105. The van der Waals surface area contributed by atoms with Gasteiger partial charge in [-0.1, -0.05) is 18.2 Å². The molecule has 0 atom stereocenters. The fourth-order valence-corrected chi connectivity index (χ4v) is 1.89. The maximum absolute atomic E-state index is 11.9. The van der Waals surface area contributed by atoms with Crippen LogP contribution in [0.2, 0.25) is 0 Å². The Kier molecular flexibility index (Phi) is 2.61. The van der Waals surface area contributed by atoms with Gasteiger partial charge < -0.3 is 4.98 Å². The molecule has 0 bridgehead atoms. The van der Waals surface area contributed by atoms with E-state index in [0.717, 1.165) is 5.69 Å². The van der Waals surface area contributed by atoms with Crippen molar-refractivity contribution in [2.75, 3.05) is 0 Å². The summed E-state index contributed by atoms with van der Waals surface area (Å²) < 4.78 is 0. The van der Waals surface area contributed by atoms with Crippen LogP contribution in [0.25, 0.3) is 10.9 Å². The zero-order valence-corrected chi connectivity index (χ0v) is 9.63. The first-order chi connectivity index (χ1) is 8.83. The Morgan fingerprint density at radius 3 is 2.72 bits per heavy atom. The molecule has 0 aliphatic heterocycles. The Bertz CT molecular complexity index is 735. The summed E-state index contributed by atoms with van der Waals surface area (Å²) in [5, 5.41) is 0.613. The third kappa shape index (κ3) is 2.00. The van der Waals surface area contributed by atoms with Crippen molar-refractivity contribution in [2.45, 2.75) is 6.42 Å². The number of nitrogens with one attached hydrogen (secondary N) is 1. The molecule has 3 rings (SSSR count). The zero-order chi connectivity index (χ0) is 12.4. The van der Waals surface area contributed by atoms with Crippen molar-refractivity contribution >= 4 is 10.9 Å². The SMILES string of the molecule is O=c1[nH]c(Cc2ccccn2)nc2ccccc12. The van der Waals surface area contributed by atoms with Crippen LogP contribution in [-0.4, -0.2) is 15.0 Å². The summed E-state index contributed by atoms with van der Waals surface area (Å²) in [6, 6.07) is 13.0. The predicted octanol–water partition coefficient (Wildman–Crippen LogP) is 1.91. The number of aromatic nitrogens is 3. The van der Waals surface area contributed by atoms with Crippen molar-refractivity contribution in [1.82, 2.24) is 15.0 Å². The third-order valence-electron chi connectivity index (χ3n) is 2.74. The van der Waals surface area contributed by atoms with Crippen LogP contribution in [0, 0.1) is 0 Å². The molecule has 0 amide bonds. The number of rotatable bonds is 2. The molecule has 0 saturated carbocycles. The average Bonchev–Trinajstić information content (AvgIpc) is 2.40. The summed E-state index contributed by atoms with van der Waals surface area (Å²) in [7, 11) is 0. The molecule has 88 valence electrons. The molecule has 4 nitrogen and oxygen atoms in total. The summed E-state index contributed by atoms with van der Waals surface area (Å²) >= 11 is 0. The van der Waals surface area contributed by atoms with Crippen LogP contribution < -0.4 is 5.56 Å². The van der Waals surface area contributed by atoms with Crippen LogP contribution in [0.1, 0.15) is 11.5 Å². The molecule has 18 heavy (non-hydrogen) atoms. The van der Waals surface area contributed by atoms with Gasteiger partial charge >= 0.3 is 0 Å². The van der Waals surface area contributed by atoms with Crippen molar-refractivity contribution in [3.63, 3.8) is 0 Å². The molecule has 2 heterocycles. The van der Waals surface area contributed by atoms with E-state index >= 15 is 0 Å². The van der Waals surface area contributed by atoms with Gasteiger partial charge in [-0.15, -0.1) is 0 Å². The lowest BCUT2D eigenvalue weighted by molar-refractivity contribution is 0.939. The smallest absolute Gasteiger partial charge is 0.258 e. The summed E-state index contributed by atoms with van der Waals surface area (Å²) in [6.07, 6.45) is 2.26. The highest BCUT2D eigenvalue weighted by atomic mass is 16.1. The van der Waals surface area contributed by atoms with Gasteiger partial charge in [0.05, 0.1) is 10.9 Å². The van der Waals surface area contributed by atoms with Gasteiger partial charge in [0.1, 0.15) is 5.82 Å². The molecule has 1 aromatic carbocycles. The quantitative estimate of drug-likeness (QED) is 0.740. The first-order valence-electron chi connectivity index (χ1n) is 5.71. The predicted molar refractivity (Wildman–Crippen MR) is 69.4 cm³/mol. The lowest BCUT2D eigenvalue weighted by Gasteiger charge is -2.02. The Morgan fingerprint density at radius 1 is 1.06 bits per heavy atom. The standard InChI is InChI=1S/C14H11N3O/c18-14-11-6-1-2-7-12(11)16-13(17-14)9-10-5-3-4-8-15-10/h1-8H,9H2,(H,16,17,18). The highest BCUT2D eigenvalue weighted by molar-refractivity contribution is 5.77. The number of hydrogen-bond acceptors (Lipinski definition) is 3. The van der Waals surface area contributed by atoms with Crippen LogP contribution in [-0.2, 0) is 6.42 Å². The zero-order valence-electron chi connectivity index (χ0n) is 9.63. The maximum Gasteiger partial charge on any atom is 0.258 e. The second-order valence-electron chi connectivity index (χ2n) is 4.03. The molecule has 0 aliphatic rings. The summed E-state index contributed by atoms with van der Waals surface area (Å²) in [4.78, 5) is 23.3. The summed E-state index contributed by atoms with van der Waals surface area (Å²) in [5.41, 5.74) is 1.50. The fraction of sp³-hybridized carbons (Fsp3) is 0.0714. The maximum atomic E-state index is 11.9. The van der Waals surface area contributed by atoms with E-state index in [2.05, 4.69) is 15.0 Å². The monoisotopic (exact) mass is 237 g/mol. The second-order valence-corrected chi connectivity index (χ2v) is 4.03.